The van der Waals surface area contributed by atoms with Crippen LogP contribution >= 0.6 is 50.5 Å². The highest BCUT2D eigenvalue weighted by molar-refractivity contribution is 9.10. The smallest absolute Gasteiger partial charge is 0.184 e. The van der Waals surface area contributed by atoms with Crippen LogP contribution in [0.3, 0.4) is 0 Å². The Labute approximate surface area is 139 Å². The maximum Gasteiger partial charge on any atom is 0.184 e. The van der Waals surface area contributed by atoms with E-state index in [-0.39, 0.29) is 0 Å². The minimum atomic E-state index is 0.535. The van der Waals surface area contributed by atoms with E-state index in [0.29, 0.717) is 9.49 Å². The van der Waals surface area contributed by atoms with Crippen molar-refractivity contribution in [1.29, 1.82) is 0 Å². The molecule has 1 nitrogen and oxygen atoms in total. The fraction of sp³-hybridized carbons (Fsp3) is 0. The number of aromatic nitrogens is 1. The molecule has 20 heavy (non-hydrogen) atoms. The average Bonchev–Trinajstić information content (AvgIpc) is 2.82. The zero-order valence-electron chi connectivity index (χ0n) is 10.1. The van der Waals surface area contributed by atoms with Gasteiger partial charge in [-0.3, -0.25) is 0 Å². The summed E-state index contributed by atoms with van der Waals surface area (Å²) < 4.78 is 1.58. The molecule has 0 unspecified atom stereocenters. The Morgan fingerprint density at radius 1 is 0.850 bits per heavy atom. The second kappa shape index (κ2) is 5.86. The highest BCUT2D eigenvalue weighted by atomic mass is 79.9. The molecule has 0 aliphatic carbocycles. The number of hydrogen-bond acceptors (Lipinski definition) is 2. The summed E-state index contributed by atoms with van der Waals surface area (Å²) in [5.74, 6) is 0. The minimum Gasteiger partial charge on any atom is -0.224 e. The molecule has 0 bridgehead atoms. The molecule has 0 N–H and O–H groups in total. The molecule has 0 amide bonds. The number of halogens is 3. The van der Waals surface area contributed by atoms with Crippen LogP contribution in [-0.2, 0) is 0 Å². The second-order valence-corrected chi connectivity index (χ2v) is 7.09. The quantitative estimate of drug-likeness (QED) is 0.488. The first-order valence-electron chi connectivity index (χ1n) is 5.82. The van der Waals surface area contributed by atoms with Crippen LogP contribution < -0.4 is 0 Å². The molecule has 100 valence electrons. The summed E-state index contributed by atoms with van der Waals surface area (Å²) in [6, 6.07) is 15.7. The van der Waals surface area contributed by atoms with Crippen LogP contribution in [0.1, 0.15) is 0 Å². The van der Waals surface area contributed by atoms with Gasteiger partial charge >= 0.3 is 0 Å². The van der Waals surface area contributed by atoms with E-state index in [9.17, 15) is 0 Å². The van der Waals surface area contributed by atoms with Gasteiger partial charge in [0.25, 0.3) is 0 Å². The maximum absolute atomic E-state index is 6.10. The predicted molar refractivity (Wildman–Crippen MR) is 90.7 cm³/mol. The Hall–Kier alpha value is -0.870. The molecule has 0 saturated heterocycles. The molecule has 0 atom stereocenters. The minimum absolute atomic E-state index is 0.535. The molecule has 0 spiro atoms. The summed E-state index contributed by atoms with van der Waals surface area (Å²) in [7, 11) is 0. The van der Waals surface area contributed by atoms with E-state index in [1.165, 1.54) is 11.3 Å². The van der Waals surface area contributed by atoms with E-state index >= 15 is 0 Å². The Morgan fingerprint density at radius 3 is 2.10 bits per heavy atom. The molecular formula is C15H8BrCl2NS. The van der Waals surface area contributed by atoms with E-state index in [4.69, 9.17) is 23.2 Å². The van der Waals surface area contributed by atoms with Crippen molar-refractivity contribution in [2.75, 3.05) is 0 Å². The summed E-state index contributed by atoms with van der Waals surface area (Å²) in [5.41, 5.74) is 3.00. The first kappa shape index (κ1) is 14.1. The van der Waals surface area contributed by atoms with E-state index in [0.717, 1.165) is 26.2 Å². The summed E-state index contributed by atoms with van der Waals surface area (Å²) in [6.45, 7) is 0. The summed E-state index contributed by atoms with van der Waals surface area (Å²) in [6.07, 6.45) is 0. The van der Waals surface area contributed by atoms with Crippen molar-refractivity contribution >= 4 is 50.5 Å². The van der Waals surface area contributed by atoms with Crippen LogP contribution in [0.5, 0.6) is 0 Å². The van der Waals surface area contributed by atoms with Crippen LogP contribution in [-0.4, -0.2) is 4.98 Å². The standard InChI is InChI=1S/C15H8BrCl2NS/c16-11-5-1-10(2-6-11)14-13(19-15(18)20-14)9-3-7-12(17)8-4-9/h1-8H. The van der Waals surface area contributed by atoms with Crippen LogP contribution in [0.25, 0.3) is 21.7 Å². The zero-order chi connectivity index (χ0) is 14.1. The van der Waals surface area contributed by atoms with Crippen molar-refractivity contribution in [3.8, 4) is 21.7 Å². The monoisotopic (exact) mass is 383 g/mol. The van der Waals surface area contributed by atoms with E-state index in [1.807, 2.05) is 48.5 Å². The molecule has 0 radical (unpaired) electrons. The molecule has 5 heteroatoms. The van der Waals surface area contributed by atoms with Gasteiger partial charge in [0, 0.05) is 15.1 Å². The van der Waals surface area contributed by atoms with Crippen LogP contribution in [0.15, 0.2) is 53.0 Å². The van der Waals surface area contributed by atoms with Crippen LogP contribution in [0, 0.1) is 0 Å². The SMILES string of the molecule is Clc1ccc(-c2nc(Cl)sc2-c2ccc(Br)cc2)cc1. The van der Waals surface area contributed by atoms with Crippen molar-refractivity contribution in [1.82, 2.24) is 4.98 Å². The van der Waals surface area contributed by atoms with Gasteiger partial charge in [0.05, 0.1) is 10.6 Å². The van der Waals surface area contributed by atoms with Gasteiger partial charge < -0.3 is 0 Å². The van der Waals surface area contributed by atoms with Crippen LogP contribution in [0.4, 0.5) is 0 Å². The number of rotatable bonds is 2. The number of nitrogens with zero attached hydrogens (tertiary/aromatic N) is 1. The lowest BCUT2D eigenvalue weighted by Crippen LogP contribution is -1.82. The third kappa shape index (κ3) is 2.91. The number of benzene rings is 2. The van der Waals surface area contributed by atoms with Gasteiger partial charge in [0.2, 0.25) is 0 Å². The number of thiazole rings is 1. The zero-order valence-corrected chi connectivity index (χ0v) is 14.0. The van der Waals surface area contributed by atoms with Gasteiger partial charge in [-0.2, -0.15) is 0 Å². The first-order valence-corrected chi connectivity index (χ1v) is 8.18. The fourth-order valence-corrected chi connectivity index (χ4v) is 3.42. The first-order chi connectivity index (χ1) is 9.63. The van der Waals surface area contributed by atoms with Crippen LogP contribution in [0.2, 0.25) is 9.49 Å². The Morgan fingerprint density at radius 2 is 1.45 bits per heavy atom. The summed E-state index contributed by atoms with van der Waals surface area (Å²) in [5, 5.41) is 0.709. The van der Waals surface area contributed by atoms with Crippen molar-refractivity contribution in [2.45, 2.75) is 0 Å². The lowest BCUT2D eigenvalue weighted by molar-refractivity contribution is 1.41. The predicted octanol–water partition coefficient (Wildman–Crippen LogP) is 6.55. The third-order valence-electron chi connectivity index (χ3n) is 2.83. The molecule has 0 aliphatic rings. The maximum atomic E-state index is 6.10. The molecule has 2 aromatic carbocycles. The summed E-state index contributed by atoms with van der Waals surface area (Å²) in [4.78, 5) is 5.50. The molecule has 0 saturated carbocycles. The highest BCUT2D eigenvalue weighted by Gasteiger charge is 2.14. The Balaban J connectivity index is 2.12. The lowest BCUT2D eigenvalue weighted by Gasteiger charge is -2.03. The third-order valence-corrected chi connectivity index (χ3v) is 4.81. The van der Waals surface area contributed by atoms with Crippen molar-refractivity contribution < 1.29 is 0 Å². The molecular weight excluding hydrogens is 377 g/mol. The molecule has 3 rings (SSSR count). The van der Waals surface area contributed by atoms with Gasteiger partial charge in [0.1, 0.15) is 0 Å². The molecule has 0 fully saturated rings. The normalized spacial score (nSPS) is 10.8. The van der Waals surface area contributed by atoms with E-state index in [2.05, 4.69) is 20.9 Å². The Kier molecular flexibility index (Phi) is 4.13. The average molecular weight is 385 g/mol. The van der Waals surface area contributed by atoms with Gasteiger partial charge in [-0.25, -0.2) is 4.98 Å². The Bertz CT molecular complexity index is 673. The van der Waals surface area contributed by atoms with Gasteiger partial charge in [-0.05, 0) is 29.8 Å². The molecule has 0 aliphatic heterocycles. The molecule has 1 heterocycles. The summed E-state index contributed by atoms with van der Waals surface area (Å²) >= 11 is 16.9. The van der Waals surface area contributed by atoms with Crippen molar-refractivity contribution in [3.05, 3.63) is 62.5 Å². The largest absolute Gasteiger partial charge is 0.224 e. The van der Waals surface area contributed by atoms with Gasteiger partial charge in [-0.1, -0.05) is 63.4 Å². The van der Waals surface area contributed by atoms with Crippen molar-refractivity contribution in [3.63, 3.8) is 0 Å². The number of hydrogen-bond donors (Lipinski definition) is 0. The van der Waals surface area contributed by atoms with Gasteiger partial charge in [-0.15, -0.1) is 11.3 Å². The van der Waals surface area contributed by atoms with Gasteiger partial charge in [0.15, 0.2) is 4.47 Å². The topological polar surface area (TPSA) is 12.9 Å². The molecule has 3 aromatic rings. The molecule has 1 aromatic heterocycles. The highest BCUT2D eigenvalue weighted by Crippen LogP contribution is 2.39. The second-order valence-electron chi connectivity index (χ2n) is 4.16. The lowest BCUT2D eigenvalue weighted by atomic mass is 10.1. The van der Waals surface area contributed by atoms with E-state index in [1.54, 1.807) is 0 Å². The van der Waals surface area contributed by atoms with E-state index < -0.39 is 0 Å². The van der Waals surface area contributed by atoms with Crippen molar-refractivity contribution in [2.24, 2.45) is 0 Å². The fourth-order valence-electron chi connectivity index (χ4n) is 1.89.